The molecule has 0 aromatic heterocycles. The van der Waals surface area contributed by atoms with Crippen LogP contribution in [-0.4, -0.2) is 54.8 Å². The first-order chi connectivity index (χ1) is 10.1. The third kappa shape index (κ3) is 4.43. The van der Waals surface area contributed by atoms with Crippen molar-refractivity contribution in [1.29, 1.82) is 0 Å². The fourth-order valence-electron chi connectivity index (χ4n) is 3.67. The molecule has 0 bridgehead atoms. The van der Waals surface area contributed by atoms with Gasteiger partial charge in [0.25, 0.3) is 0 Å². The largest absolute Gasteiger partial charge is 0.341 e. The molecule has 1 saturated carbocycles. The number of likely N-dealkylation sites (N-methyl/N-ethyl adjacent to an activating group) is 1. The standard InChI is InChI=1S/C16H29N3O2/c1-18(12-15(20)19-9-2-3-10-19)16(21)14-6-4-5-13(11-14)7-8-17/h13-14H,2-12,17H2,1H3. The van der Waals surface area contributed by atoms with E-state index in [4.69, 9.17) is 5.73 Å². The predicted octanol–water partition coefficient (Wildman–Crippen LogP) is 1.22. The Labute approximate surface area is 127 Å². The molecule has 1 saturated heterocycles. The van der Waals surface area contributed by atoms with Crippen LogP contribution in [0, 0.1) is 11.8 Å². The summed E-state index contributed by atoms with van der Waals surface area (Å²) >= 11 is 0. The summed E-state index contributed by atoms with van der Waals surface area (Å²) in [5.41, 5.74) is 5.63. The molecule has 120 valence electrons. The molecule has 2 rings (SSSR count). The first kappa shape index (κ1) is 16.3. The molecule has 1 aliphatic heterocycles. The topological polar surface area (TPSA) is 66.6 Å². The monoisotopic (exact) mass is 295 g/mol. The van der Waals surface area contributed by atoms with Crippen LogP contribution in [0.25, 0.3) is 0 Å². The molecule has 2 fully saturated rings. The zero-order chi connectivity index (χ0) is 15.2. The first-order valence-corrected chi connectivity index (χ1v) is 8.34. The Bertz CT molecular complexity index is 365. The summed E-state index contributed by atoms with van der Waals surface area (Å²) in [4.78, 5) is 28.2. The van der Waals surface area contributed by atoms with Gasteiger partial charge in [0.15, 0.2) is 0 Å². The van der Waals surface area contributed by atoms with E-state index in [0.29, 0.717) is 12.5 Å². The SMILES string of the molecule is CN(CC(=O)N1CCCC1)C(=O)C1CCCC(CCN)C1. The minimum absolute atomic E-state index is 0.0895. The second-order valence-corrected chi connectivity index (χ2v) is 6.59. The van der Waals surface area contributed by atoms with Crippen LogP contribution in [0.5, 0.6) is 0 Å². The van der Waals surface area contributed by atoms with Crippen molar-refractivity contribution in [2.45, 2.75) is 44.9 Å². The highest BCUT2D eigenvalue weighted by Gasteiger charge is 2.30. The van der Waals surface area contributed by atoms with Gasteiger partial charge in [-0.05, 0) is 44.6 Å². The molecule has 21 heavy (non-hydrogen) atoms. The predicted molar refractivity (Wildman–Crippen MR) is 82.6 cm³/mol. The molecule has 5 heteroatoms. The maximum absolute atomic E-state index is 12.5. The third-order valence-corrected chi connectivity index (χ3v) is 4.91. The van der Waals surface area contributed by atoms with Crippen molar-refractivity contribution >= 4 is 11.8 Å². The van der Waals surface area contributed by atoms with Crippen molar-refractivity contribution in [3.63, 3.8) is 0 Å². The highest BCUT2D eigenvalue weighted by atomic mass is 16.2. The lowest BCUT2D eigenvalue weighted by molar-refractivity contribution is -0.142. The van der Waals surface area contributed by atoms with Gasteiger partial charge >= 0.3 is 0 Å². The number of carbonyl (C=O) groups excluding carboxylic acids is 2. The number of hydrogen-bond donors (Lipinski definition) is 1. The van der Waals surface area contributed by atoms with Gasteiger partial charge in [-0.2, -0.15) is 0 Å². The number of nitrogens with zero attached hydrogens (tertiary/aromatic N) is 2. The number of carbonyl (C=O) groups is 2. The van der Waals surface area contributed by atoms with Crippen molar-refractivity contribution in [2.75, 3.05) is 33.2 Å². The molecule has 0 aromatic rings. The van der Waals surface area contributed by atoms with Crippen LogP contribution >= 0.6 is 0 Å². The summed E-state index contributed by atoms with van der Waals surface area (Å²) < 4.78 is 0. The molecule has 1 heterocycles. The molecular weight excluding hydrogens is 266 g/mol. The van der Waals surface area contributed by atoms with Crippen molar-refractivity contribution in [3.8, 4) is 0 Å². The minimum Gasteiger partial charge on any atom is -0.341 e. The molecule has 0 aromatic carbocycles. The zero-order valence-electron chi connectivity index (χ0n) is 13.2. The van der Waals surface area contributed by atoms with Crippen molar-refractivity contribution in [2.24, 2.45) is 17.6 Å². The van der Waals surface area contributed by atoms with Crippen LogP contribution in [0.1, 0.15) is 44.9 Å². The van der Waals surface area contributed by atoms with Crippen LogP contribution in [0.15, 0.2) is 0 Å². The number of rotatable bonds is 5. The van der Waals surface area contributed by atoms with Crippen LogP contribution in [0.2, 0.25) is 0 Å². The van der Waals surface area contributed by atoms with E-state index < -0.39 is 0 Å². The van der Waals surface area contributed by atoms with Crippen LogP contribution in [-0.2, 0) is 9.59 Å². The molecule has 2 amide bonds. The van der Waals surface area contributed by atoms with Crippen LogP contribution < -0.4 is 5.73 Å². The summed E-state index contributed by atoms with van der Waals surface area (Å²) in [5.74, 6) is 0.911. The third-order valence-electron chi connectivity index (χ3n) is 4.91. The van der Waals surface area contributed by atoms with Crippen molar-refractivity contribution in [1.82, 2.24) is 9.80 Å². The van der Waals surface area contributed by atoms with Crippen molar-refractivity contribution in [3.05, 3.63) is 0 Å². The maximum Gasteiger partial charge on any atom is 0.242 e. The van der Waals surface area contributed by atoms with Gasteiger partial charge in [0, 0.05) is 26.1 Å². The van der Waals surface area contributed by atoms with E-state index in [1.165, 1.54) is 6.42 Å². The lowest BCUT2D eigenvalue weighted by Gasteiger charge is -2.31. The van der Waals surface area contributed by atoms with E-state index in [0.717, 1.165) is 51.6 Å². The first-order valence-electron chi connectivity index (χ1n) is 8.34. The van der Waals surface area contributed by atoms with Crippen LogP contribution in [0.4, 0.5) is 0 Å². The molecule has 0 radical (unpaired) electrons. The van der Waals surface area contributed by atoms with Gasteiger partial charge < -0.3 is 15.5 Å². The van der Waals surface area contributed by atoms with Gasteiger partial charge in [-0.3, -0.25) is 9.59 Å². The fourth-order valence-corrected chi connectivity index (χ4v) is 3.67. The quantitative estimate of drug-likeness (QED) is 0.829. The average molecular weight is 295 g/mol. The molecular formula is C16H29N3O2. The lowest BCUT2D eigenvalue weighted by Crippen LogP contribution is -2.43. The summed E-state index contributed by atoms with van der Waals surface area (Å²) in [7, 11) is 1.77. The normalized spacial score (nSPS) is 25.9. The number of hydrogen-bond acceptors (Lipinski definition) is 3. The van der Waals surface area contributed by atoms with Gasteiger partial charge in [-0.1, -0.05) is 12.8 Å². The summed E-state index contributed by atoms with van der Waals surface area (Å²) in [6, 6.07) is 0. The highest BCUT2D eigenvalue weighted by molar-refractivity contribution is 5.85. The number of nitrogens with two attached hydrogens (primary N) is 1. The Morgan fingerprint density at radius 3 is 2.57 bits per heavy atom. The average Bonchev–Trinajstić information content (AvgIpc) is 3.01. The fraction of sp³-hybridized carbons (Fsp3) is 0.875. The second-order valence-electron chi connectivity index (χ2n) is 6.59. The van der Waals surface area contributed by atoms with E-state index >= 15 is 0 Å². The molecule has 5 nitrogen and oxygen atoms in total. The Morgan fingerprint density at radius 1 is 1.19 bits per heavy atom. The highest BCUT2D eigenvalue weighted by Crippen LogP contribution is 2.31. The van der Waals surface area contributed by atoms with Gasteiger partial charge in [-0.15, -0.1) is 0 Å². The van der Waals surface area contributed by atoms with Crippen LogP contribution in [0.3, 0.4) is 0 Å². The Morgan fingerprint density at radius 2 is 1.90 bits per heavy atom. The minimum atomic E-state index is 0.0895. The maximum atomic E-state index is 12.5. The molecule has 2 N–H and O–H groups in total. The number of likely N-dealkylation sites (tertiary alicyclic amines) is 1. The lowest BCUT2D eigenvalue weighted by atomic mass is 9.79. The van der Waals surface area contributed by atoms with E-state index in [2.05, 4.69) is 0 Å². The van der Waals surface area contributed by atoms with E-state index in [1.54, 1.807) is 11.9 Å². The van der Waals surface area contributed by atoms with E-state index in [1.807, 2.05) is 4.90 Å². The van der Waals surface area contributed by atoms with Gasteiger partial charge in [0.1, 0.15) is 0 Å². The summed E-state index contributed by atoms with van der Waals surface area (Å²) in [6.07, 6.45) is 7.40. The summed E-state index contributed by atoms with van der Waals surface area (Å²) in [5, 5.41) is 0. The van der Waals surface area contributed by atoms with Gasteiger partial charge in [0.05, 0.1) is 6.54 Å². The molecule has 0 spiro atoms. The van der Waals surface area contributed by atoms with E-state index in [-0.39, 0.29) is 24.3 Å². The van der Waals surface area contributed by atoms with Crippen molar-refractivity contribution < 1.29 is 9.59 Å². The zero-order valence-corrected chi connectivity index (χ0v) is 13.2. The molecule has 2 aliphatic rings. The van der Waals surface area contributed by atoms with Gasteiger partial charge in [0.2, 0.25) is 11.8 Å². The molecule has 2 unspecified atom stereocenters. The molecule has 1 aliphatic carbocycles. The number of amides is 2. The Kier molecular flexibility index (Phi) is 6.03. The smallest absolute Gasteiger partial charge is 0.242 e. The Balaban J connectivity index is 1.82. The summed E-state index contributed by atoms with van der Waals surface area (Å²) in [6.45, 7) is 2.64. The van der Waals surface area contributed by atoms with E-state index in [9.17, 15) is 9.59 Å². The van der Waals surface area contributed by atoms with Gasteiger partial charge in [-0.25, -0.2) is 0 Å². The Hall–Kier alpha value is -1.10. The second kappa shape index (κ2) is 7.78. The molecule has 2 atom stereocenters.